The predicted octanol–water partition coefficient (Wildman–Crippen LogP) is 0.770. The molecule has 0 aliphatic heterocycles. The van der Waals surface area contributed by atoms with E-state index in [0.29, 0.717) is 0 Å². The van der Waals surface area contributed by atoms with E-state index in [0.717, 1.165) is 16.4 Å². The van der Waals surface area contributed by atoms with E-state index < -0.39 is 0 Å². The third kappa shape index (κ3) is 1.31. The van der Waals surface area contributed by atoms with Crippen molar-refractivity contribution in [2.24, 2.45) is 5.73 Å². The number of nitrogens with two attached hydrogens (primary N) is 1. The summed E-state index contributed by atoms with van der Waals surface area (Å²) in [4.78, 5) is 0.792. The van der Waals surface area contributed by atoms with Crippen LogP contribution < -0.4 is 5.73 Å². The fourth-order valence-corrected chi connectivity index (χ4v) is 1.89. The van der Waals surface area contributed by atoms with Crippen molar-refractivity contribution in [3.63, 3.8) is 0 Å². The van der Waals surface area contributed by atoms with Crippen LogP contribution in [0.4, 0.5) is 0 Å². The molecule has 13 heavy (non-hydrogen) atoms. The molecule has 0 saturated carbocycles. The van der Waals surface area contributed by atoms with E-state index in [1.54, 1.807) is 10.8 Å². The number of rotatable bonds is 2. The van der Waals surface area contributed by atoms with Crippen molar-refractivity contribution in [1.29, 1.82) is 0 Å². The van der Waals surface area contributed by atoms with Crippen LogP contribution in [0.1, 0.15) is 25.3 Å². The van der Waals surface area contributed by atoms with E-state index in [9.17, 15) is 0 Å². The summed E-state index contributed by atoms with van der Waals surface area (Å²) in [6.07, 6.45) is 2.44. The first-order chi connectivity index (χ1) is 6.13. The Hall–Kier alpha value is -1.01. The summed E-state index contributed by atoms with van der Waals surface area (Å²) in [6.45, 7) is 4.01. The minimum Gasteiger partial charge on any atom is -0.320 e. The molecule has 1 atom stereocenters. The lowest BCUT2D eigenvalue weighted by atomic mass is 10.0. The Kier molecular flexibility index (Phi) is 1.81. The van der Waals surface area contributed by atoms with Crippen molar-refractivity contribution in [3.8, 4) is 0 Å². The first-order valence-electron chi connectivity index (χ1n) is 4.09. The molecule has 2 heterocycles. The minimum atomic E-state index is -0.356. The number of hydrogen-bond acceptors (Lipinski definition) is 5. The highest BCUT2D eigenvalue weighted by Gasteiger charge is 2.23. The highest BCUT2D eigenvalue weighted by Crippen LogP contribution is 2.25. The fourth-order valence-electron chi connectivity index (χ4n) is 0.942. The second-order valence-electron chi connectivity index (χ2n) is 3.24. The molecule has 0 spiro atoms. The van der Waals surface area contributed by atoms with Gasteiger partial charge in [0.1, 0.15) is 11.3 Å². The molecular formula is C7H11N5S. The smallest absolute Gasteiger partial charge is 0.234 e. The molecule has 70 valence electrons. The van der Waals surface area contributed by atoms with Gasteiger partial charge in [0.05, 0.1) is 5.54 Å². The third-order valence-corrected chi connectivity index (χ3v) is 3.30. The first-order valence-corrected chi connectivity index (χ1v) is 4.91. The van der Waals surface area contributed by atoms with Gasteiger partial charge in [0.2, 0.25) is 4.96 Å². The molecule has 0 radical (unpaired) electrons. The molecular weight excluding hydrogens is 186 g/mol. The molecule has 0 aliphatic rings. The molecule has 2 N–H and O–H groups in total. The Balaban J connectivity index is 2.50. The van der Waals surface area contributed by atoms with Gasteiger partial charge in [-0.05, 0) is 13.3 Å². The van der Waals surface area contributed by atoms with Gasteiger partial charge in [0, 0.05) is 0 Å². The largest absolute Gasteiger partial charge is 0.320 e. The standard InChI is InChI=1S/C7H11N5S/c1-3-7(2,8)5-11-12-4-9-10-6(12)13-5/h4H,3,8H2,1-2H3. The van der Waals surface area contributed by atoms with E-state index in [1.165, 1.54) is 11.3 Å². The topological polar surface area (TPSA) is 69.1 Å². The van der Waals surface area contributed by atoms with Crippen LogP contribution in [0.25, 0.3) is 4.96 Å². The van der Waals surface area contributed by atoms with E-state index in [2.05, 4.69) is 15.3 Å². The molecule has 5 nitrogen and oxygen atoms in total. The highest BCUT2D eigenvalue weighted by atomic mass is 32.1. The molecule has 0 aliphatic carbocycles. The Bertz CT molecular complexity index is 387. The molecule has 2 aromatic rings. The summed E-state index contributed by atoms with van der Waals surface area (Å²) >= 11 is 1.49. The zero-order chi connectivity index (χ0) is 9.47. The quantitative estimate of drug-likeness (QED) is 0.772. The number of aromatic nitrogens is 4. The van der Waals surface area contributed by atoms with Crippen molar-refractivity contribution in [3.05, 3.63) is 11.3 Å². The fraction of sp³-hybridized carbons (Fsp3) is 0.571. The second kappa shape index (κ2) is 2.74. The van der Waals surface area contributed by atoms with Crippen LogP contribution in [0, 0.1) is 0 Å². The van der Waals surface area contributed by atoms with Gasteiger partial charge in [0.15, 0.2) is 0 Å². The van der Waals surface area contributed by atoms with Gasteiger partial charge < -0.3 is 5.73 Å². The summed E-state index contributed by atoms with van der Waals surface area (Å²) in [7, 11) is 0. The highest BCUT2D eigenvalue weighted by molar-refractivity contribution is 7.16. The Morgan fingerprint density at radius 1 is 1.69 bits per heavy atom. The zero-order valence-electron chi connectivity index (χ0n) is 7.56. The predicted molar refractivity (Wildman–Crippen MR) is 50.5 cm³/mol. The zero-order valence-corrected chi connectivity index (χ0v) is 8.38. The van der Waals surface area contributed by atoms with Crippen LogP contribution in [-0.4, -0.2) is 19.8 Å². The maximum atomic E-state index is 6.05. The average Bonchev–Trinajstić information content (AvgIpc) is 2.61. The molecule has 0 aromatic carbocycles. The van der Waals surface area contributed by atoms with Gasteiger partial charge in [-0.1, -0.05) is 18.3 Å². The van der Waals surface area contributed by atoms with Crippen molar-refractivity contribution in [2.45, 2.75) is 25.8 Å². The molecule has 0 bridgehead atoms. The molecule has 0 saturated heterocycles. The van der Waals surface area contributed by atoms with Crippen LogP contribution in [0.2, 0.25) is 0 Å². The van der Waals surface area contributed by atoms with Gasteiger partial charge in [-0.2, -0.15) is 9.61 Å². The average molecular weight is 197 g/mol. The van der Waals surface area contributed by atoms with Gasteiger partial charge >= 0.3 is 0 Å². The molecule has 2 rings (SSSR count). The van der Waals surface area contributed by atoms with Gasteiger partial charge in [-0.3, -0.25) is 0 Å². The summed E-state index contributed by atoms with van der Waals surface area (Å²) < 4.78 is 1.65. The molecule has 6 heteroatoms. The van der Waals surface area contributed by atoms with Crippen molar-refractivity contribution in [2.75, 3.05) is 0 Å². The molecule has 0 amide bonds. The molecule has 2 aromatic heterocycles. The molecule has 0 fully saturated rings. The van der Waals surface area contributed by atoms with Crippen LogP contribution in [-0.2, 0) is 5.54 Å². The van der Waals surface area contributed by atoms with E-state index in [-0.39, 0.29) is 5.54 Å². The van der Waals surface area contributed by atoms with Crippen LogP contribution in [0.15, 0.2) is 6.33 Å². The lowest BCUT2D eigenvalue weighted by Gasteiger charge is -2.17. The first kappa shape index (κ1) is 8.58. The summed E-state index contributed by atoms with van der Waals surface area (Å²) in [5, 5.41) is 12.8. The van der Waals surface area contributed by atoms with Crippen molar-refractivity contribution < 1.29 is 0 Å². The van der Waals surface area contributed by atoms with E-state index in [1.807, 2.05) is 13.8 Å². The van der Waals surface area contributed by atoms with Gasteiger partial charge in [-0.25, -0.2) is 0 Å². The van der Waals surface area contributed by atoms with E-state index in [4.69, 9.17) is 5.73 Å². The number of nitrogens with zero attached hydrogens (tertiary/aromatic N) is 4. The Labute approximate surface area is 79.6 Å². The second-order valence-corrected chi connectivity index (χ2v) is 4.19. The lowest BCUT2D eigenvalue weighted by Crippen LogP contribution is -2.31. The van der Waals surface area contributed by atoms with Crippen LogP contribution >= 0.6 is 11.3 Å². The van der Waals surface area contributed by atoms with Gasteiger partial charge in [0.25, 0.3) is 0 Å². The normalized spacial score (nSPS) is 16.2. The summed E-state index contributed by atoms with van der Waals surface area (Å²) in [5.74, 6) is 0. The summed E-state index contributed by atoms with van der Waals surface area (Å²) in [6, 6.07) is 0. The SMILES string of the molecule is CCC(C)(N)c1nn2cnnc2s1. The number of hydrogen-bond donors (Lipinski definition) is 1. The third-order valence-electron chi connectivity index (χ3n) is 2.11. The number of fused-ring (bicyclic) bond motifs is 1. The van der Waals surface area contributed by atoms with Crippen LogP contribution in [0.5, 0.6) is 0 Å². The van der Waals surface area contributed by atoms with Crippen molar-refractivity contribution in [1.82, 2.24) is 19.8 Å². The monoisotopic (exact) mass is 197 g/mol. The van der Waals surface area contributed by atoms with Gasteiger partial charge in [-0.15, -0.1) is 10.2 Å². The molecule has 1 unspecified atom stereocenters. The maximum absolute atomic E-state index is 6.05. The van der Waals surface area contributed by atoms with E-state index >= 15 is 0 Å². The Morgan fingerprint density at radius 2 is 2.46 bits per heavy atom. The summed E-state index contributed by atoms with van der Waals surface area (Å²) in [5.41, 5.74) is 5.69. The van der Waals surface area contributed by atoms with Crippen LogP contribution in [0.3, 0.4) is 0 Å². The maximum Gasteiger partial charge on any atom is 0.234 e. The lowest BCUT2D eigenvalue weighted by molar-refractivity contribution is 0.467. The minimum absolute atomic E-state index is 0.356. The Morgan fingerprint density at radius 3 is 3.08 bits per heavy atom. The van der Waals surface area contributed by atoms with Crippen molar-refractivity contribution >= 4 is 16.3 Å².